The fourth-order valence-corrected chi connectivity index (χ4v) is 4.35. The van der Waals surface area contributed by atoms with Crippen LogP contribution in [0, 0.1) is 0 Å². The van der Waals surface area contributed by atoms with E-state index in [0.29, 0.717) is 38.2 Å². The van der Waals surface area contributed by atoms with Crippen LogP contribution in [0.3, 0.4) is 0 Å². The molecule has 30 heavy (non-hydrogen) atoms. The summed E-state index contributed by atoms with van der Waals surface area (Å²) in [7, 11) is 1.66. The standard InChI is InChI=1S/C20H12Cl2N6OS/c1-28-18-10(7-12(19(28)29)17-13(21)3-2-4-14(17)22)9-23-20(25-18)24-11-5-6-15-16(8-11)27-30-26-15/h2-9H,1H3,(H,23,24,25). The third-order valence-electron chi connectivity index (χ3n) is 4.69. The number of rotatable bonds is 3. The first-order chi connectivity index (χ1) is 14.5. The van der Waals surface area contributed by atoms with Crippen molar-refractivity contribution < 1.29 is 0 Å². The van der Waals surface area contributed by atoms with Crippen molar-refractivity contribution in [1.82, 2.24) is 23.3 Å². The molecule has 5 rings (SSSR count). The highest BCUT2D eigenvalue weighted by Gasteiger charge is 2.16. The molecule has 0 saturated carbocycles. The average molecular weight is 455 g/mol. The minimum Gasteiger partial charge on any atom is -0.324 e. The first kappa shape index (κ1) is 18.9. The molecule has 1 N–H and O–H groups in total. The maximum atomic E-state index is 13.0. The van der Waals surface area contributed by atoms with Crippen LogP contribution in [-0.4, -0.2) is 23.3 Å². The molecule has 3 heterocycles. The van der Waals surface area contributed by atoms with E-state index in [1.807, 2.05) is 18.2 Å². The molecule has 0 spiro atoms. The number of halogens is 2. The Morgan fingerprint density at radius 3 is 2.60 bits per heavy atom. The van der Waals surface area contributed by atoms with E-state index in [-0.39, 0.29) is 5.56 Å². The molecule has 0 amide bonds. The van der Waals surface area contributed by atoms with E-state index < -0.39 is 0 Å². The van der Waals surface area contributed by atoms with E-state index in [9.17, 15) is 4.79 Å². The molecule has 3 aromatic heterocycles. The number of hydrogen-bond acceptors (Lipinski definition) is 7. The third-order valence-corrected chi connectivity index (χ3v) is 5.88. The zero-order chi connectivity index (χ0) is 20.8. The van der Waals surface area contributed by atoms with E-state index in [1.54, 1.807) is 37.5 Å². The summed E-state index contributed by atoms with van der Waals surface area (Å²) in [4.78, 5) is 21.9. The third kappa shape index (κ3) is 3.19. The van der Waals surface area contributed by atoms with Crippen molar-refractivity contribution in [2.24, 2.45) is 7.05 Å². The molecule has 0 aliphatic rings. The van der Waals surface area contributed by atoms with E-state index >= 15 is 0 Å². The lowest BCUT2D eigenvalue weighted by Crippen LogP contribution is -2.20. The molecular weight excluding hydrogens is 443 g/mol. The number of nitrogens with one attached hydrogen (secondary N) is 1. The Bertz CT molecular complexity index is 1480. The second-order valence-electron chi connectivity index (χ2n) is 6.58. The summed E-state index contributed by atoms with van der Waals surface area (Å²) in [5.74, 6) is 0.364. The molecule has 10 heteroatoms. The first-order valence-electron chi connectivity index (χ1n) is 8.82. The van der Waals surface area contributed by atoms with Gasteiger partial charge in [0, 0.05) is 29.9 Å². The Morgan fingerprint density at radius 2 is 1.80 bits per heavy atom. The van der Waals surface area contributed by atoms with Gasteiger partial charge in [0.15, 0.2) is 0 Å². The van der Waals surface area contributed by atoms with Crippen LogP contribution in [0.4, 0.5) is 11.6 Å². The lowest BCUT2D eigenvalue weighted by atomic mass is 10.1. The highest BCUT2D eigenvalue weighted by molar-refractivity contribution is 7.00. The Hall–Kier alpha value is -3.07. The van der Waals surface area contributed by atoms with Crippen molar-refractivity contribution >= 4 is 68.6 Å². The molecule has 0 aliphatic carbocycles. The number of aryl methyl sites for hydroxylation is 1. The molecular formula is C20H12Cl2N6OS. The van der Waals surface area contributed by atoms with Gasteiger partial charge >= 0.3 is 0 Å². The zero-order valence-electron chi connectivity index (χ0n) is 15.4. The predicted molar refractivity (Wildman–Crippen MR) is 121 cm³/mol. The molecule has 0 radical (unpaired) electrons. The molecule has 7 nitrogen and oxygen atoms in total. The van der Waals surface area contributed by atoms with Crippen molar-refractivity contribution in [2.75, 3.05) is 5.32 Å². The molecule has 0 atom stereocenters. The van der Waals surface area contributed by atoms with E-state index in [4.69, 9.17) is 23.2 Å². The van der Waals surface area contributed by atoms with Gasteiger partial charge in [-0.05, 0) is 36.4 Å². The van der Waals surface area contributed by atoms with Gasteiger partial charge in [0.1, 0.15) is 16.7 Å². The van der Waals surface area contributed by atoms with Crippen LogP contribution < -0.4 is 10.9 Å². The van der Waals surface area contributed by atoms with Crippen LogP contribution in [0.2, 0.25) is 10.0 Å². The van der Waals surface area contributed by atoms with Crippen LogP contribution in [0.15, 0.2) is 53.5 Å². The van der Waals surface area contributed by atoms with Gasteiger partial charge in [-0.15, -0.1) is 0 Å². The fraction of sp³-hybridized carbons (Fsp3) is 0.0500. The molecule has 2 aromatic carbocycles. The molecule has 148 valence electrons. The summed E-state index contributed by atoms with van der Waals surface area (Å²) >= 11 is 13.8. The predicted octanol–water partition coefficient (Wildman–Crippen LogP) is 5.05. The second-order valence-corrected chi connectivity index (χ2v) is 7.93. The quantitative estimate of drug-likeness (QED) is 0.410. The smallest absolute Gasteiger partial charge is 0.259 e. The SMILES string of the molecule is Cn1c(=O)c(-c2c(Cl)cccc2Cl)cc2cnc(Nc3ccc4nsnc4c3)nc21. The minimum absolute atomic E-state index is 0.253. The maximum Gasteiger partial charge on any atom is 0.259 e. The first-order valence-corrected chi connectivity index (χ1v) is 10.3. The number of fused-ring (bicyclic) bond motifs is 2. The van der Waals surface area contributed by atoms with Crippen molar-refractivity contribution in [2.45, 2.75) is 0 Å². The van der Waals surface area contributed by atoms with Crippen molar-refractivity contribution in [1.29, 1.82) is 0 Å². The highest BCUT2D eigenvalue weighted by Crippen LogP contribution is 2.33. The summed E-state index contributed by atoms with van der Waals surface area (Å²) in [5, 5.41) is 4.65. The number of hydrogen-bond donors (Lipinski definition) is 1. The molecule has 0 aliphatic heterocycles. The highest BCUT2D eigenvalue weighted by atomic mass is 35.5. The number of anilines is 2. The van der Waals surface area contributed by atoms with Crippen molar-refractivity contribution in [3.05, 3.63) is 69.1 Å². The Balaban J connectivity index is 1.60. The molecule has 0 fully saturated rings. The van der Waals surface area contributed by atoms with Crippen molar-refractivity contribution in [3.8, 4) is 11.1 Å². The number of nitrogens with zero attached hydrogens (tertiary/aromatic N) is 5. The van der Waals surface area contributed by atoms with Gasteiger partial charge in [0.2, 0.25) is 5.95 Å². The van der Waals surface area contributed by atoms with Gasteiger partial charge in [-0.3, -0.25) is 9.36 Å². The van der Waals surface area contributed by atoms with E-state index in [0.717, 1.165) is 28.4 Å². The number of benzene rings is 2. The van der Waals surface area contributed by atoms with Crippen LogP contribution in [0.1, 0.15) is 0 Å². The summed E-state index contributed by atoms with van der Waals surface area (Å²) < 4.78 is 9.88. The molecule has 5 aromatic rings. The molecule has 0 unspecified atom stereocenters. The number of aromatic nitrogens is 5. The molecule has 0 saturated heterocycles. The second kappa shape index (κ2) is 7.32. The average Bonchev–Trinajstić information content (AvgIpc) is 3.20. The Labute approximate surface area is 184 Å². The summed E-state index contributed by atoms with van der Waals surface area (Å²) in [6.07, 6.45) is 1.65. The van der Waals surface area contributed by atoms with Crippen LogP contribution in [0.5, 0.6) is 0 Å². The summed E-state index contributed by atoms with van der Waals surface area (Å²) in [6.45, 7) is 0. The molecule has 0 bridgehead atoms. The van der Waals surface area contributed by atoms with Gasteiger partial charge < -0.3 is 5.32 Å². The lowest BCUT2D eigenvalue weighted by molar-refractivity contribution is 0.887. The minimum atomic E-state index is -0.253. The Morgan fingerprint density at radius 1 is 1.03 bits per heavy atom. The van der Waals surface area contributed by atoms with E-state index in [2.05, 4.69) is 24.0 Å². The van der Waals surface area contributed by atoms with E-state index in [1.165, 1.54) is 4.57 Å². The zero-order valence-corrected chi connectivity index (χ0v) is 17.8. The van der Waals surface area contributed by atoms with Crippen LogP contribution in [-0.2, 0) is 7.05 Å². The number of pyridine rings is 1. The van der Waals surface area contributed by atoms with Gasteiger partial charge in [0.05, 0.1) is 27.3 Å². The van der Waals surface area contributed by atoms with Gasteiger partial charge in [0.25, 0.3) is 5.56 Å². The monoisotopic (exact) mass is 454 g/mol. The topological polar surface area (TPSA) is 85.6 Å². The van der Waals surface area contributed by atoms with Crippen LogP contribution >= 0.6 is 34.9 Å². The summed E-state index contributed by atoms with van der Waals surface area (Å²) in [6, 6.07) is 12.5. The normalized spacial score (nSPS) is 11.3. The largest absolute Gasteiger partial charge is 0.324 e. The maximum absolute atomic E-state index is 13.0. The Kier molecular flexibility index (Phi) is 4.62. The summed E-state index contributed by atoms with van der Waals surface area (Å²) in [5.41, 5.74) is 3.52. The van der Waals surface area contributed by atoms with Gasteiger partial charge in [-0.2, -0.15) is 13.7 Å². The lowest BCUT2D eigenvalue weighted by Gasteiger charge is -2.12. The van der Waals surface area contributed by atoms with Gasteiger partial charge in [-0.1, -0.05) is 29.3 Å². The van der Waals surface area contributed by atoms with Crippen molar-refractivity contribution in [3.63, 3.8) is 0 Å². The fourth-order valence-electron chi connectivity index (χ4n) is 3.23. The van der Waals surface area contributed by atoms with Crippen LogP contribution in [0.25, 0.3) is 33.2 Å². The van der Waals surface area contributed by atoms with Gasteiger partial charge in [-0.25, -0.2) is 4.98 Å².